The number of aromatic nitrogens is 1. The van der Waals surface area contributed by atoms with Crippen molar-refractivity contribution < 1.29 is 14.6 Å². The van der Waals surface area contributed by atoms with Crippen molar-refractivity contribution in [1.82, 2.24) is 9.88 Å². The topological polar surface area (TPSA) is 62.7 Å². The fourth-order valence-electron chi connectivity index (χ4n) is 2.29. The minimum absolute atomic E-state index is 0.217. The van der Waals surface area contributed by atoms with Crippen LogP contribution in [0.15, 0.2) is 5.38 Å². The minimum Gasteiger partial charge on any atom is -0.461 e. The van der Waals surface area contributed by atoms with E-state index >= 15 is 0 Å². The Morgan fingerprint density at radius 1 is 1.60 bits per heavy atom. The maximum Gasteiger partial charge on any atom is 0.367 e. The van der Waals surface area contributed by atoms with Gasteiger partial charge in [-0.15, -0.1) is 11.3 Å². The summed E-state index contributed by atoms with van der Waals surface area (Å²) < 4.78 is 4.95. The van der Waals surface area contributed by atoms with Crippen molar-refractivity contribution in [3.05, 3.63) is 16.1 Å². The number of aliphatic hydroxyl groups is 1. The van der Waals surface area contributed by atoms with Crippen molar-refractivity contribution in [1.29, 1.82) is 0 Å². The molecule has 0 aliphatic heterocycles. The van der Waals surface area contributed by atoms with E-state index in [0.717, 1.165) is 25.2 Å². The Bertz CT molecular complexity index is 432. The van der Waals surface area contributed by atoms with Gasteiger partial charge in [-0.05, 0) is 26.2 Å². The third-order valence-corrected chi connectivity index (χ3v) is 4.43. The van der Waals surface area contributed by atoms with Gasteiger partial charge in [-0.1, -0.05) is 6.42 Å². The predicted octanol–water partition coefficient (Wildman–Crippen LogP) is 2.06. The molecule has 1 N–H and O–H groups in total. The second kappa shape index (κ2) is 7.71. The van der Waals surface area contributed by atoms with Gasteiger partial charge >= 0.3 is 5.97 Å². The molecule has 2 rings (SSSR count). The fraction of sp³-hybridized carbons (Fsp3) is 0.714. The Hall–Kier alpha value is -0.980. The number of aliphatic hydroxyl groups excluding tert-OH is 1. The average molecular weight is 298 g/mol. The molecule has 1 aromatic heterocycles. The summed E-state index contributed by atoms with van der Waals surface area (Å²) in [6, 6.07) is 0.606. The van der Waals surface area contributed by atoms with Crippen molar-refractivity contribution in [3.8, 4) is 0 Å². The molecule has 0 atom stereocenters. The van der Waals surface area contributed by atoms with Crippen LogP contribution in [-0.4, -0.2) is 46.8 Å². The lowest BCUT2D eigenvalue weighted by Crippen LogP contribution is -2.40. The minimum atomic E-state index is -0.339. The predicted molar refractivity (Wildman–Crippen MR) is 77.8 cm³/mol. The number of nitrogens with zero attached hydrogens (tertiary/aromatic N) is 2. The number of rotatable bonds is 8. The van der Waals surface area contributed by atoms with Crippen LogP contribution in [0.5, 0.6) is 0 Å². The molecule has 5 nitrogen and oxygen atoms in total. The summed E-state index contributed by atoms with van der Waals surface area (Å²) in [5.41, 5.74) is 0.919. The quantitative estimate of drug-likeness (QED) is 0.744. The largest absolute Gasteiger partial charge is 0.461 e. The van der Waals surface area contributed by atoms with Gasteiger partial charge in [-0.2, -0.15) is 0 Å². The maximum absolute atomic E-state index is 11.6. The Balaban J connectivity index is 1.93. The van der Waals surface area contributed by atoms with E-state index in [0.29, 0.717) is 17.7 Å². The van der Waals surface area contributed by atoms with Crippen LogP contribution in [0.2, 0.25) is 0 Å². The summed E-state index contributed by atoms with van der Waals surface area (Å²) in [5.74, 6) is -0.339. The van der Waals surface area contributed by atoms with Crippen LogP contribution < -0.4 is 0 Å². The van der Waals surface area contributed by atoms with Crippen LogP contribution in [-0.2, 0) is 11.3 Å². The lowest BCUT2D eigenvalue weighted by atomic mass is 9.91. The van der Waals surface area contributed by atoms with Gasteiger partial charge < -0.3 is 9.84 Å². The van der Waals surface area contributed by atoms with Crippen LogP contribution >= 0.6 is 11.3 Å². The molecule has 1 aromatic rings. The molecule has 0 amide bonds. The number of carbonyl (C=O) groups excluding carboxylic acids is 1. The molecule has 1 aliphatic rings. The molecule has 0 bridgehead atoms. The normalized spacial score (nSPS) is 15.3. The summed E-state index contributed by atoms with van der Waals surface area (Å²) in [6.07, 6.45) is 4.51. The molecule has 1 aliphatic carbocycles. The molecule has 1 heterocycles. The lowest BCUT2D eigenvalue weighted by molar-refractivity contribution is 0.0525. The zero-order valence-corrected chi connectivity index (χ0v) is 12.7. The number of hydrogen-bond donors (Lipinski definition) is 1. The molecule has 0 unspecified atom stereocenters. The smallest absolute Gasteiger partial charge is 0.367 e. The van der Waals surface area contributed by atoms with Crippen LogP contribution in [0.25, 0.3) is 0 Å². The van der Waals surface area contributed by atoms with Gasteiger partial charge in [-0.3, -0.25) is 4.90 Å². The molecule has 6 heteroatoms. The van der Waals surface area contributed by atoms with Crippen LogP contribution in [0.3, 0.4) is 0 Å². The summed E-state index contributed by atoms with van der Waals surface area (Å²) >= 11 is 1.34. The monoisotopic (exact) mass is 298 g/mol. The zero-order valence-electron chi connectivity index (χ0n) is 11.9. The van der Waals surface area contributed by atoms with Gasteiger partial charge in [-0.25, -0.2) is 9.78 Å². The third-order valence-electron chi connectivity index (χ3n) is 3.56. The van der Waals surface area contributed by atoms with Gasteiger partial charge in [0.25, 0.3) is 0 Å². The average Bonchev–Trinajstić information content (AvgIpc) is 2.82. The van der Waals surface area contributed by atoms with E-state index in [2.05, 4.69) is 9.88 Å². The van der Waals surface area contributed by atoms with Crippen molar-refractivity contribution >= 4 is 17.3 Å². The van der Waals surface area contributed by atoms with E-state index < -0.39 is 0 Å². The van der Waals surface area contributed by atoms with Crippen LogP contribution in [0.4, 0.5) is 0 Å². The number of carbonyl (C=O) groups is 1. The second-order valence-electron chi connectivity index (χ2n) is 5.00. The first-order valence-electron chi connectivity index (χ1n) is 7.21. The van der Waals surface area contributed by atoms with Crippen molar-refractivity contribution in [2.75, 3.05) is 19.8 Å². The first kappa shape index (κ1) is 15.4. The van der Waals surface area contributed by atoms with Crippen molar-refractivity contribution in [2.45, 2.75) is 45.2 Å². The van der Waals surface area contributed by atoms with Crippen LogP contribution in [0, 0.1) is 0 Å². The molecule has 0 saturated heterocycles. The highest BCUT2D eigenvalue weighted by molar-refractivity contribution is 7.11. The van der Waals surface area contributed by atoms with Gasteiger partial charge in [0.2, 0.25) is 5.01 Å². The Labute approximate surface area is 123 Å². The summed E-state index contributed by atoms with van der Waals surface area (Å²) in [7, 11) is 0. The summed E-state index contributed by atoms with van der Waals surface area (Å²) in [4.78, 5) is 18.3. The summed E-state index contributed by atoms with van der Waals surface area (Å²) in [5, 5.41) is 11.3. The first-order valence-corrected chi connectivity index (χ1v) is 8.09. The number of thiazole rings is 1. The third kappa shape index (κ3) is 4.01. The zero-order chi connectivity index (χ0) is 14.4. The maximum atomic E-state index is 11.6. The van der Waals surface area contributed by atoms with E-state index in [-0.39, 0.29) is 12.6 Å². The standard InChI is InChI=1S/C14H22N2O3S/c1-2-19-14(18)13-15-11(10-20-13)9-16(7-4-8-17)12-5-3-6-12/h10,12,17H,2-9H2,1H3. The SMILES string of the molecule is CCOC(=O)c1nc(CN(CCCO)C2CCC2)cs1. The van der Waals surface area contributed by atoms with E-state index in [4.69, 9.17) is 9.84 Å². The molecular weight excluding hydrogens is 276 g/mol. The Morgan fingerprint density at radius 2 is 2.40 bits per heavy atom. The molecule has 0 radical (unpaired) electrons. The number of esters is 1. The first-order chi connectivity index (χ1) is 9.74. The molecule has 0 aromatic carbocycles. The van der Waals surface area contributed by atoms with Crippen molar-refractivity contribution in [3.63, 3.8) is 0 Å². The molecule has 1 fully saturated rings. The fourth-order valence-corrected chi connectivity index (χ4v) is 2.99. The van der Waals surface area contributed by atoms with Crippen LogP contribution in [0.1, 0.15) is 48.1 Å². The van der Waals surface area contributed by atoms with Gasteiger partial charge in [0.1, 0.15) is 0 Å². The molecule has 20 heavy (non-hydrogen) atoms. The number of hydrogen-bond acceptors (Lipinski definition) is 6. The van der Waals surface area contributed by atoms with E-state index in [1.54, 1.807) is 6.92 Å². The highest BCUT2D eigenvalue weighted by Crippen LogP contribution is 2.26. The molecule has 1 saturated carbocycles. The van der Waals surface area contributed by atoms with Gasteiger partial charge in [0.15, 0.2) is 0 Å². The molecule has 0 spiro atoms. The molecular formula is C14H22N2O3S. The van der Waals surface area contributed by atoms with Gasteiger partial charge in [0, 0.05) is 31.1 Å². The summed E-state index contributed by atoms with van der Waals surface area (Å²) in [6.45, 7) is 4.01. The highest BCUT2D eigenvalue weighted by atomic mass is 32.1. The second-order valence-corrected chi connectivity index (χ2v) is 5.85. The van der Waals surface area contributed by atoms with Crippen molar-refractivity contribution in [2.24, 2.45) is 0 Å². The Morgan fingerprint density at radius 3 is 3.00 bits per heavy atom. The molecule has 112 valence electrons. The lowest BCUT2D eigenvalue weighted by Gasteiger charge is -2.37. The Kier molecular flexibility index (Phi) is 5.94. The van der Waals surface area contributed by atoms with E-state index in [9.17, 15) is 4.79 Å². The number of ether oxygens (including phenoxy) is 1. The van der Waals surface area contributed by atoms with Gasteiger partial charge in [0.05, 0.1) is 12.3 Å². The highest BCUT2D eigenvalue weighted by Gasteiger charge is 2.25. The van der Waals surface area contributed by atoms with E-state index in [1.165, 1.54) is 30.6 Å². The van der Waals surface area contributed by atoms with E-state index in [1.807, 2.05) is 5.38 Å².